The first-order valence-electron chi connectivity index (χ1n) is 36.4. The van der Waals surface area contributed by atoms with Crippen LogP contribution >= 0.6 is 0 Å². The van der Waals surface area contributed by atoms with Gasteiger partial charge in [-0.25, -0.2) is 33.7 Å². The number of rotatable bonds is 45. The standard InChI is InChI=1S/C74H97N21O18/c1-40(2)62(77)70(108)91-56(31-44-34-82-51-15-8-7-14-50(44)51)67(105)92-59(37-96)69(107)88-54(24-25-60(76)99)66(104)86-52(16-9-10-26-75)64(102)87-53(17-11-27-81-72(78)79)65(103)90-57(32-45-35-80-39-84-45)68(106)89-55(29-42-12-5-4-6-13-42)63(101)83-36-61(100)85-58(71(109)110)30-43-18-21-48(98)33-47(28-43)95-74(112)94(73(111)93-95)46-19-22-49(23-20-46)113-38-41(3)97/h4-8,12-15,18-20,22-23,28,34-35,39-40,52-59,62,82,96H,9-11,16-17,21,24-27,29-33,36-38,75,77H2,1-3H3,(H2,76,99)(H,80,84)(H,83,101)(H,85,100)(H,86,104)(H,87,102)(H,88,107)(H,89,106)(H,90,103)(H,91,108)(H,92,105)(H,93,111)(H,109,110)(H4,78,79,81). The van der Waals surface area contributed by atoms with Crippen molar-refractivity contribution >= 4 is 99.2 Å². The third-order valence-corrected chi connectivity index (χ3v) is 18.0. The number of para-hydroxylation sites is 1. The summed E-state index contributed by atoms with van der Waals surface area (Å²) < 4.78 is 6.98. The number of hydrogen-bond acceptors (Lipinski definition) is 21. The number of ether oxygens (including phenoxy) is 1. The van der Waals surface area contributed by atoms with E-state index < -0.39 is 175 Å². The summed E-state index contributed by atoms with van der Waals surface area (Å²) in [6.45, 7) is 2.74. The van der Waals surface area contributed by atoms with Crippen LogP contribution in [-0.2, 0) is 81.6 Å². The average Bonchev–Trinajstić information content (AvgIpc) is 1.66. The van der Waals surface area contributed by atoms with Crippen LogP contribution < -0.4 is 92.2 Å². The quantitative estimate of drug-likeness (QED) is 0.0100. The van der Waals surface area contributed by atoms with E-state index in [4.69, 9.17) is 33.1 Å². The number of aliphatic hydroxyl groups excluding tert-OH is 1. The van der Waals surface area contributed by atoms with E-state index in [9.17, 15) is 82.1 Å². The molecule has 0 bridgehead atoms. The van der Waals surface area contributed by atoms with E-state index in [0.29, 0.717) is 23.2 Å². The van der Waals surface area contributed by atoms with Crippen LogP contribution in [0.3, 0.4) is 0 Å². The number of aromatic nitrogens is 6. The highest BCUT2D eigenvalue weighted by Gasteiger charge is 2.36. The van der Waals surface area contributed by atoms with Gasteiger partial charge in [0.15, 0.2) is 11.7 Å². The summed E-state index contributed by atoms with van der Waals surface area (Å²) in [7, 11) is 0. The second-order valence-electron chi connectivity index (χ2n) is 27.3. The summed E-state index contributed by atoms with van der Waals surface area (Å²) >= 11 is 0. The fourth-order valence-electron chi connectivity index (χ4n) is 11.9. The van der Waals surface area contributed by atoms with Gasteiger partial charge in [-0.3, -0.25) is 62.9 Å². The number of Topliss-reactive ketones (excluding diaryl/α,β-unsaturated/α-hetero) is 2. The molecule has 0 spiro atoms. The summed E-state index contributed by atoms with van der Waals surface area (Å²) in [5.41, 5.74) is 23.6. The van der Waals surface area contributed by atoms with Crippen molar-refractivity contribution in [3.8, 4) is 11.4 Å². The highest BCUT2D eigenvalue weighted by atomic mass is 16.5. The van der Waals surface area contributed by atoms with Crippen molar-refractivity contribution in [1.29, 1.82) is 5.41 Å². The van der Waals surface area contributed by atoms with Gasteiger partial charge >= 0.3 is 17.3 Å². The summed E-state index contributed by atoms with van der Waals surface area (Å²) in [5.74, 6) is -12.4. The zero-order chi connectivity index (χ0) is 82.4. The van der Waals surface area contributed by atoms with Gasteiger partial charge in [0.05, 0.1) is 36.9 Å². The lowest BCUT2D eigenvalue weighted by Gasteiger charge is -2.28. The summed E-state index contributed by atoms with van der Waals surface area (Å²) in [5, 5.41) is 57.2. The van der Waals surface area contributed by atoms with Crippen LogP contribution in [0, 0.1) is 11.3 Å². The number of unbranched alkanes of at least 4 members (excludes halogenated alkanes) is 1. The second kappa shape index (κ2) is 42.9. The van der Waals surface area contributed by atoms with Gasteiger partial charge in [-0.1, -0.05) is 68.5 Å². The van der Waals surface area contributed by atoms with Gasteiger partial charge in [0.2, 0.25) is 59.1 Å². The predicted molar refractivity (Wildman–Crippen MR) is 409 cm³/mol. The second-order valence-corrected chi connectivity index (χ2v) is 27.3. The van der Waals surface area contributed by atoms with E-state index in [1.165, 1.54) is 55.9 Å². The number of carboxylic acids is 1. The fraction of sp³-hybridized carbons (Fsp3) is 0.419. The number of H-pyrrole nitrogens is 3. The van der Waals surface area contributed by atoms with Gasteiger partial charge in [-0.2, -0.15) is 0 Å². The van der Waals surface area contributed by atoms with Crippen LogP contribution in [0.1, 0.15) is 102 Å². The van der Waals surface area contributed by atoms with E-state index in [1.54, 1.807) is 74.6 Å². The Bertz CT molecular complexity index is 4570. The molecule has 0 radical (unpaired) electrons. The monoisotopic (exact) mass is 1570 g/mol. The number of ketones is 2. The number of nitrogens with one attached hydrogen (secondary N) is 14. The number of aromatic amines is 3. The number of amides is 10. The number of nitrogens with two attached hydrogens (primary N) is 4. The first kappa shape index (κ1) is 87.3. The lowest BCUT2D eigenvalue weighted by molar-refractivity contribution is -0.141. The molecule has 0 saturated carbocycles. The van der Waals surface area contributed by atoms with Gasteiger partial charge in [0.25, 0.3) is 0 Å². The number of primary amides is 1. The van der Waals surface area contributed by atoms with Crippen molar-refractivity contribution in [2.24, 2.45) is 28.9 Å². The van der Waals surface area contributed by atoms with E-state index in [2.05, 4.69) is 73.2 Å². The number of aliphatic hydroxyl groups is 1. The molecular weight excluding hydrogens is 1470 g/mol. The molecule has 10 amide bonds. The number of allylic oxidation sites excluding steroid dienone is 3. The van der Waals surface area contributed by atoms with Gasteiger partial charge in [-0.05, 0) is 111 Å². The number of guanidine groups is 1. The molecule has 0 aliphatic heterocycles. The van der Waals surface area contributed by atoms with Crippen molar-refractivity contribution in [3.05, 3.63) is 153 Å². The van der Waals surface area contributed by atoms with Crippen LogP contribution in [-0.4, -0.2) is 209 Å². The SMILES string of the molecule is CC(=O)COc1ccc(-n2c(=O)[nH]n(C3=CC(CC(NC(=O)CNC(=O)C(Cc4ccccc4)NC(=O)C(Cc4cnc[nH]4)NC(=O)C(CCCNC(=N)N)NC(=O)C(CCCCN)NC(=O)C(CCC(N)=O)NC(=O)C(CO)NC(=O)C(Cc4c[nH]c5ccccc45)NC(=O)C(N)C(C)C)C(=O)O)=CCC(=O)C3)c2=O)cc1. The minimum absolute atomic E-state index is 0.0139. The number of fused-ring (bicyclic) bond motifs is 1. The Labute approximate surface area is 646 Å². The molecule has 3 aromatic heterocycles. The predicted octanol–water partition coefficient (Wildman–Crippen LogP) is -3.54. The molecule has 3 heterocycles. The number of carbonyl (C=O) groups is 13. The molecule has 7 rings (SSSR count). The van der Waals surface area contributed by atoms with Crippen LogP contribution in [0.4, 0.5) is 0 Å². The molecule has 3 aromatic carbocycles. The van der Waals surface area contributed by atoms with Gasteiger partial charge < -0.3 is 101 Å². The van der Waals surface area contributed by atoms with Gasteiger partial charge in [0, 0.05) is 80.5 Å². The summed E-state index contributed by atoms with van der Waals surface area (Å²) in [6.07, 6.45) is 4.47. The molecule has 6 aromatic rings. The van der Waals surface area contributed by atoms with Crippen molar-refractivity contribution in [1.82, 2.24) is 82.5 Å². The number of nitrogens with zero attached hydrogens (tertiary/aromatic N) is 3. The lowest BCUT2D eigenvalue weighted by atomic mass is 10.0. The fourth-order valence-corrected chi connectivity index (χ4v) is 11.9. The Morgan fingerprint density at radius 1 is 0.646 bits per heavy atom. The smallest absolute Gasteiger partial charge is 0.356 e. The van der Waals surface area contributed by atoms with E-state index in [-0.39, 0.29) is 112 Å². The third-order valence-electron chi connectivity index (χ3n) is 18.0. The minimum Gasteiger partial charge on any atom is -0.486 e. The Kier molecular flexibility index (Phi) is 33.1. The van der Waals surface area contributed by atoms with E-state index in [0.717, 1.165) is 20.2 Å². The zero-order valence-corrected chi connectivity index (χ0v) is 62.5. The maximum absolute atomic E-state index is 14.8. The number of carbonyl (C=O) groups excluding carboxylic acids is 12. The van der Waals surface area contributed by atoms with Crippen molar-refractivity contribution < 1.29 is 77.3 Å². The van der Waals surface area contributed by atoms with Gasteiger partial charge in [-0.15, -0.1) is 0 Å². The van der Waals surface area contributed by atoms with Crippen molar-refractivity contribution in [2.75, 3.05) is 32.8 Å². The Balaban J connectivity index is 1.06. The Morgan fingerprint density at radius 2 is 1.23 bits per heavy atom. The number of carboxylic acid groups (broad SMARTS) is 1. The maximum atomic E-state index is 14.8. The van der Waals surface area contributed by atoms with E-state index in [1.807, 2.05) is 0 Å². The summed E-state index contributed by atoms with van der Waals surface area (Å²) in [4.78, 5) is 215. The van der Waals surface area contributed by atoms with E-state index >= 15 is 0 Å². The van der Waals surface area contributed by atoms with Crippen LogP contribution in [0.25, 0.3) is 22.3 Å². The number of aliphatic carboxylic acids is 1. The molecule has 1 aliphatic carbocycles. The number of benzene rings is 3. The molecule has 0 saturated heterocycles. The third kappa shape index (κ3) is 27.0. The molecule has 24 N–H and O–H groups in total. The highest BCUT2D eigenvalue weighted by molar-refractivity contribution is 5.99. The molecule has 9 atom stereocenters. The minimum atomic E-state index is -1.78. The molecule has 39 heteroatoms. The highest BCUT2D eigenvalue weighted by Crippen LogP contribution is 2.23. The molecule has 113 heavy (non-hydrogen) atoms. The van der Waals surface area contributed by atoms with Crippen LogP contribution in [0.15, 0.2) is 125 Å². The summed E-state index contributed by atoms with van der Waals surface area (Å²) in [6, 6.07) is 7.30. The van der Waals surface area contributed by atoms with Gasteiger partial charge in [0.1, 0.15) is 66.5 Å². The molecular formula is C74H97N21O18. The van der Waals surface area contributed by atoms with Crippen LogP contribution in [0.2, 0.25) is 0 Å². The van der Waals surface area contributed by atoms with Crippen molar-refractivity contribution in [3.63, 3.8) is 0 Å². The first-order chi connectivity index (χ1) is 53.9. The largest absolute Gasteiger partial charge is 0.486 e. The zero-order valence-electron chi connectivity index (χ0n) is 62.5. The number of imidazole rings is 1. The lowest BCUT2D eigenvalue weighted by Crippen LogP contribution is -2.61. The Hall–Kier alpha value is -12.9. The normalized spacial score (nSPS) is 14.4. The molecule has 606 valence electrons. The van der Waals surface area contributed by atoms with Crippen LogP contribution in [0.5, 0.6) is 5.75 Å². The topological polar surface area (TPSA) is 624 Å². The Morgan fingerprint density at radius 3 is 1.83 bits per heavy atom. The average molecular weight is 1570 g/mol. The first-order valence-corrected chi connectivity index (χ1v) is 36.4. The molecule has 9 unspecified atom stereocenters. The maximum Gasteiger partial charge on any atom is 0.356 e. The molecule has 39 nitrogen and oxygen atoms in total. The molecule has 0 fully saturated rings. The van der Waals surface area contributed by atoms with Crippen molar-refractivity contribution in [2.45, 2.75) is 159 Å². The molecule has 1 aliphatic rings. The number of hydrogen-bond donors (Lipinski definition) is 20.